The summed E-state index contributed by atoms with van der Waals surface area (Å²) in [5.41, 5.74) is 0.686. The Morgan fingerprint density at radius 3 is 2.68 bits per heavy atom. The van der Waals surface area contributed by atoms with Gasteiger partial charge in [0.25, 0.3) is 5.91 Å². The van der Waals surface area contributed by atoms with Gasteiger partial charge in [0.1, 0.15) is 24.4 Å². The number of rotatable bonds is 7. The zero-order valence-corrected chi connectivity index (χ0v) is 22.6. The van der Waals surface area contributed by atoms with Crippen molar-refractivity contribution in [2.24, 2.45) is 5.41 Å². The number of nitrogens with one attached hydrogen (secondary N) is 1. The van der Waals surface area contributed by atoms with Crippen LogP contribution in [-0.2, 0) is 30.3 Å². The number of methoxy groups -OCH3 is 1. The summed E-state index contributed by atoms with van der Waals surface area (Å²) in [6.07, 6.45) is 2.79. The monoisotopic (exact) mass is 519 g/mol. The van der Waals surface area contributed by atoms with Crippen LogP contribution in [0.25, 0.3) is 0 Å². The van der Waals surface area contributed by atoms with Gasteiger partial charge >= 0.3 is 0 Å². The molecule has 3 N–H and O–H groups in total. The molecule has 2 fully saturated rings. The van der Waals surface area contributed by atoms with Crippen LogP contribution in [0.5, 0.6) is 0 Å². The average molecular weight is 520 g/mol. The van der Waals surface area contributed by atoms with E-state index in [4.69, 9.17) is 14.2 Å². The SMILES string of the molecule is COC(C(=O)N[C@H]1CC[C@@H](O)CN(Cc2cccnc2)C1=O)[C@@H]1OC(C)(C)O[C@H](C=CC(C)(C)C)[C@H]1O. The van der Waals surface area contributed by atoms with E-state index >= 15 is 0 Å². The summed E-state index contributed by atoms with van der Waals surface area (Å²) >= 11 is 0. The van der Waals surface area contributed by atoms with Gasteiger partial charge in [-0.2, -0.15) is 0 Å². The standard InChI is InChI=1S/C27H41N3O7/c1-26(2,3)12-11-20-21(32)22(37-27(4,5)36-20)23(35-6)24(33)29-19-10-9-18(31)16-30(25(19)34)15-17-8-7-13-28-14-17/h7-8,11-14,18-23,31-32H,9-10,15-16H2,1-6H3,(H,29,33)/t18-,19+,20-,21-,22-,23?/m1/s1. The third kappa shape index (κ3) is 8.05. The van der Waals surface area contributed by atoms with E-state index in [9.17, 15) is 19.8 Å². The number of hydrogen-bond acceptors (Lipinski definition) is 8. The molecule has 10 nitrogen and oxygen atoms in total. The van der Waals surface area contributed by atoms with E-state index in [-0.39, 0.29) is 30.8 Å². The molecule has 0 aliphatic carbocycles. The van der Waals surface area contributed by atoms with Crippen molar-refractivity contribution in [3.8, 4) is 0 Å². The van der Waals surface area contributed by atoms with E-state index in [0.29, 0.717) is 6.42 Å². The lowest BCUT2D eigenvalue weighted by Gasteiger charge is -2.45. The molecule has 3 rings (SSSR count). The summed E-state index contributed by atoms with van der Waals surface area (Å²) in [6, 6.07) is 2.77. The topological polar surface area (TPSA) is 130 Å². The highest BCUT2D eigenvalue weighted by Crippen LogP contribution is 2.31. The fourth-order valence-corrected chi connectivity index (χ4v) is 4.56. The van der Waals surface area contributed by atoms with Crippen molar-refractivity contribution in [2.75, 3.05) is 13.7 Å². The van der Waals surface area contributed by atoms with Crippen molar-refractivity contribution >= 4 is 11.8 Å². The number of pyridine rings is 1. The van der Waals surface area contributed by atoms with Crippen LogP contribution in [0.15, 0.2) is 36.7 Å². The molecule has 1 unspecified atom stereocenters. The number of hydrogen-bond donors (Lipinski definition) is 3. The summed E-state index contributed by atoms with van der Waals surface area (Å²) in [5, 5.41) is 24.2. The van der Waals surface area contributed by atoms with Crippen LogP contribution in [0, 0.1) is 5.41 Å². The predicted molar refractivity (Wildman–Crippen MR) is 136 cm³/mol. The molecule has 0 radical (unpaired) electrons. The van der Waals surface area contributed by atoms with E-state index in [2.05, 4.69) is 10.3 Å². The first-order valence-corrected chi connectivity index (χ1v) is 12.7. The van der Waals surface area contributed by atoms with Crippen LogP contribution < -0.4 is 5.32 Å². The van der Waals surface area contributed by atoms with Crippen LogP contribution in [0.4, 0.5) is 0 Å². The lowest BCUT2D eigenvalue weighted by molar-refractivity contribution is -0.334. The van der Waals surface area contributed by atoms with Gasteiger partial charge in [0.15, 0.2) is 11.9 Å². The molecule has 2 amide bonds. The van der Waals surface area contributed by atoms with Gasteiger partial charge in [-0.05, 0) is 43.7 Å². The summed E-state index contributed by atoms with van der Waals surface area (Å²) in [6.45, 7) is 9.93. The van der Waals surface area contributed by atoms with Gasteiger partial charge in [-0.3, -0.25) is 14.6 Å². The third-order valence-electron chi connectivity index (χ3n) is 6.35. The number of amides is 2. The van der Waals surface area contributed by atoms with Crippen LogP contribution in [-0.4, -0.2) is 87.9 Å². The Morgan fingerprint density at radius 1 is 1.32 bits per heavy atom. The Morgan fingerprint density at radius 2 is 2.05 bits per heavy atom. The van der Waals surface area contributed by atoms with Gasteiger partial charge in [0.2, 0.25) is 5.91 Å². The fraction of sp³-hybridized carbons (Fsp3) is 0.667. The Labute approximate surface area is 219 Å². The first-order chi connectivity index (χ1) is 17.3. The molecule has 0 aromatic carbocycles. The second kappa shape index (κ2) is 12.0. The lowest BCUT2D eigenvalue weighted by atomic mass is 9.93. The molecular formula is C27H41N3O7. The van der Waals surface area contributed by atoms with Gasteiger partial charge in [-0.25, -0.2) is 0 Å². The van der Waals surface area contributed by atoms with Crippen molar-refractivity contribution < 1.29 is 34.0 Å². The van der Waals surface area contributed by atoms with Crippen molar-refractivity contribution in [1.29, 1.82) is 0 Å². The number of β-amino-alcohol motifs (C(OH)–C–C–N with tert-alkyl or cyclic N) is 1. The number of aromatic nitrogens is 1. The molecule has 0 bridgehead atoms. The maximum absolute atomic E-state index is 13.4. The molecule has 0 saturated carbocycles. The molecule has 37 heavy (non-hydrogen) atoms. The van der Waals surface area contributed by atoms with E-state index < -0.39 is 48.3 Å². The second-order valence-electron chi connectivity index (χ2n) is 11.3. The minimum Gasteiger partial charge on any atom is -0.391 e. The van der Waals surface area contributed by atoms with Crippen LogP contribution >= 0.6 is 0 Å². The third-order valence-corrected chi connectivity index (χ3v) is 6.35. The number of aliphatic hydroxyl groups is 2. The van der Waals surface area contributed by atoms with Gasteiger partial charge in [-0.15, -0.1) is 0 Å². The molecule has 206 valence electrons. The summed E-state index contributed by atoms with van der Waals surface area (Å²) < 4.78 is 17.4. The van der Waals surface area contributed by atoms with Gasteiger partial charge < -0.3 is 34.6 Å². The number of ether oxygens (including phenoxy) is 3. The highest BCUT2D eigenvalue weighted by atomic mass is 16.7. The smallest absolute Gasteiger partial charge is 0.252 e. The van der Waals surface area contributed by atoms with Crippen molar-refractivity contribution in [2.45, 2.75) is 96.4 Å². The molecule has 3 heterocycles. The molecule has 1 aromatic heterocycles. The zero-order valence-electron chi connectivity index (χ0n) is 22.6. The van der Waals surface area contributed by atoms with Crippen molar-refractivity contribution in [1.82, 2.24) is 15.2 Å². The van der Waals surface area contributed by atoms with Gasteiger partial charge in [0.05, 0.1) is 6.10 Å². The summed E-state index contributed by atoms with van der Waals surface area (Å²) in [4.78, 5) is 32.4. The molecule has 6 atom stereocenters. The number of allylic oxidation sites excluding steroid dienone is 1. The van der Waals surface area contributed by atoms with E-state index in [1.807, 2.05) is 32.9 Å². The minimum absolute atomic E-state index is 0.134. The molecule has 2 aliphatic rings. The Hall–Kier alpha value is -2.37. The first kappa shape index (κ1) is 29.2. The number of aliphatic hydroxyl groups excluding tert-OH is 2. The Bertz CT molecular complexity index is 947. The minimum atomic E-state index is -1.20. The van der Waals surface area contributed by atoms with Gasteiger partial charge in [-0.1, -0.05) is 39.0 Å². The Kier molecular flexibility index (Phi) is 9.47. The number of carbonyl (C=O) groups excluding carboxylic acids is 2. The Balaban J connectivity index is 1.76. The van der Waals surface area contributed by atoms with Crippen LogP contribution in [0.3, 0.4) is 0 Å². The lowest BCUT2D eigenvalue weighted by Crippen LogP contribution is -2.62. The highest BCUT2D eigenvalue weighted by Gasteiger charge is 2.48. The molecule has 0 spiro atoms. The van der Waals surface area contributed by atoms with Gasteiger partial charge in [0, 0.05) is 32.6 Å². The summed E-state index contributed by atoms with van der Waals surface area (Å²) in [7, 11) is 1.36. The van der Waals surface area contributed by atoms with Crippen LogP contribution in [0.1, 0.15) is 53.0 Å². The number of likely N-dealkylation sites (tertiary alicyclic amines) is 1. The average Bonchev–Trinajstić information content (AvgIpc) is 2.94. The number of carbonyl (C=O) groups is 2. The van der Waals surface area contributed by atoms with E-state index in [1.165, 1.54) is 12.0 Å². The maximum Gasteiger partial charge on any atom is 0.252 e. The fourth-order valence-electron chi connectivity index (χ4n) is 4.56. The summed E-state index contributed by atoms with van der Waals surface area (Å²) in [5.74, 6) is -1.97. The van der Waals surface area contributed by atoms with Crippen LogP contribution in [0.2, 0.25) is 0 Å². The quantitative estimate of drug-likeness (QED) is 0.463. The predicted octanol–water partition coefficient (Wildman–Crippen LogP) is 1.55. The second-order valence-corrected chi connectivity index (χ2v) is 11.3. The van der Waals surface area contributed by atoms with Crippen molar-refractivity contribution in [3.05, 3.63) is 42.2 Å². The highest BCUT2D eigenvalue weighted by molar-refractivity contribution is 5.90. The maximum atomic E-state index is 13.4. The molecule has 10 heteroatoms. The molecular weight excluding hydrogens is 478 g/mol. The molecule has 1 aromatic rings. The molecule has 2 aliphatic heterocycles. The van der Waals surface area contributed by atoms with E-state index in [1.54, 1.807) is 38.4 Å². The number of nitrogens with zero attached hydrogens (tertiary/aromatic N) is 2. The van der Waals surface area contributed by atoms with Crippen molar-refractivity contribution in [3.63, 3.8) is 0 Å². The molecule has 2 saturated heterocycles. The normalized spacial score (nSPS) is 29.7. The zero-order chi connectivity index (χ0) is 27.4. The van der Waals surface area contributed by atoms with E-state index in [0.717, 1.165) is 5.56 Å². The largest absolute Gasteiger partial charge is 0.391 e. The first-order valence-electron chi connectivity index (χ1n) is 12.7.